The number of pyridine rings is 1. The number of aromatic hydroxyl groups is 1. The number of aromatic nitrogens is 1. The van der Waals surface area contributed by atoms with Crippen molar-refractivity contribution in [1.82, 2.24) is 4.98 Å². The number of hydrogen-bond acceptors (Lipinski definition) is 5. The molecule has 3 N–H and O–H groups in total. The maximum absolute atomic E-state index is 12.7. The average Bonchev–Trinajstić information content (AvgIpc) is 2.75. The summed E-state index contributed by atoms with van der Waals surface area (Å²) in [7, 11) is 0. The summed E-state index contributed by atoms with van der Waals surface area (Å²) in [5, 5.41) is 15.5. The molecular weight excluding hydrogens is 394 g/mol. The molecule has 0 spiro atoms. The van der Waals surface area contributed by atoms with Gasteiger partial charge in [-0.2, -0.15) is 0 Å². The van der Waals surface area contributed by atoms with Crippen LogP contribution in [0.2, 0.25) is 0 Å². The van der Waals surface area contributed by atoms with Gasteiger partial charge in [0.05, 0.1) is 11.9 Å². The molecule has 7 nitrogen and oxygen atoms in total. The molecule has 2 aromatic carbocycles. The summed E-state index contributed by atoms with van der Waals surface area (Å²) in [5.41, 5.74) is 2.80. The number of anilines is 2. The highest BCUT2D eigenvalue weighted by atomic mass is 16.5. The summed E-state index contributed by atoms with van der Waals surface area (Å²) < 4.78 is 5.89. The number of amides is 2. The fraction of sp³-hybridized carbons (Fsp3) is 0.208. The average molecular weight is 419 g/mol. The third-order valence-corrected chi connectivity index (χ3v) is 4.67. The molecule has 3 rings (SSSR count). The topological polar surface area (TPSA) is 101 Å². The van der Waals surface area contributed by atoms with Crippen LogP contribution < -0.4 is 15.4 Å². The maximum Gasteiger partial charge on any atom is 0.265 e. The molecule has 1 atom stereocenters. The summed E-state index contributed by atoms with van der Waals surface area (Å²) >= 11 is 0. The fourth-order valence-electron chi connectivity index (χ4n) is 3.02. The van der Waals surface area contributed by atoms with Gasteiger partial charge in [-0.1, -0.05) is 42.8 Å². The highest BCUT2D eigenvalue weighted by molar-refractivity contribution is 6.04. The van der Waals surface area contributed by atoms with Gasteiger partial charge in [0.15, 0.2) is 17.7 Å². The number of nitrogens with one attached hydrogen (secondary N) is 2. The van der Waals surface area contributed by atoms with E-state index in [-0.39, 0.29) is 17.5 Å². The van der Waals surface area contributed by atoms with Crippen molar-refractivity contribution in [2.75, 3.05) is 10.6 Å². The minimum absolute atomic E-state index is 0.00502. The monoisotopic (exact) mass is 419 g/mol. The van der Waals surface area contributed by atoms with Gasteiger partial charge >= 0.3 is 0 Å². The van der Waals surface area contributed by atoms with Crippen molar-refractivity contribution >= 4 is 23.3 Å². The normalized spacial score (nSPS) is 11.5. The lowest BCUT2D eigenvalue weighted by Gasteiger charge is -2.19. The molecule has 3 aromatic rings. The lowest BCUT2D eigenvalue weighted by molar-refractivity contribution is -0.122. The minimum Gasteiger partial charge on any atom is -0.504 e. The maximum atomic E-state index is 12.7. The number of nitrogens with zero attached hydrogens (tertiary/aromatic N) is 1. The van der Waals surface area contributed by atoms with Crippen LogP contribution in [-0.2, 0) is 4.79 Å². The molecule has 31 heavy (non-hydrogen) atoms. The second-order valence-corrected chi connectivity index (χ2v) is 7.18. The molecular formula is C24H25N3O4. The van der Waals surface area contributed by atoms with E-state index in [4.69, 9.17) is 4.74 Å². The van der Waals surface area contributed by atoms with Crippen molar-refractivity contribution in [1.29, 1.82) is 0 Å². The van der Waals surface area contributed by atoms with E-state index in [1.54, 1.807) is 30.3 Å². The molecule has 0 radical (unpaired) electrons. The van der Waals surface area contributed by atoms with Gasteiger partial charge < -0.3 is 20.5 Å². The van der Waals surface area contributed by atoms with Crippen molar-refractivity contribution in [3.63, 3.8) is 0 Å². The quantitative estimate of drug-likeness (QED) is 0.525. The third kappa shape index (κ3) is 5.60. The third-order valence-electron chi connectivity index (χ3n) is 4.67. The molecule has 0 aliphatic heterocycles. The van der Waals surface area contributed by atoms with Gasteiger partial charge in [0.2, 0.25) is 0 Å². The molecule has 0 fully saturated rings. The molecule has 2 amide bonds. The van der Waals surface area contributed by atoms with Gasteiger partial charge in [0.25, 0.3) is 11.8 Å². The number of aryl methyl sites for hydroxylation is 2. The zero-order chi connectivity index (χ0) is 22.4. The Balaban J connectivity index is 1.66. The van der Waals surface area contributed by atoms with E-state index in [2.05, 4.69) is 15.6 Å². The molecule has 0 saturated carbocycles. The summed E-state index contributed by atoms with van der Waals surface area (Å²) in [4.78, 5) is 29.0. The molecule has 1 unspecified atom stereocenters. The molecule has 0 saturated heterocycles. The van der Waals surface area contributed by atoms with Crippen LogP contribution in [0.15, 0.2) is 60.8 Å². The Kier molecular flexibility index (Phi) is 6.87. The van der Waals surface area contributed by atoms with Crippen LogP contribution in [0.3, 0.4) is 0 Å². The number of hydrogen-bond donors (Lipinski definition) is 3. The number of rotatable bonds is 7. The summed E-state index contributed by atoms with van der Waals surface area (Å²) in [6.07, 6.45) is 1.12. The first-order chi connectivity index (χ1) is 14.9. The van der Waals surface area contributed by atoms with Gasteiger partial charge in [-0.15, -0.1) is 0 Å². The number of carbonyl (C=O) groups is 2. The smallest absolute Gasteiger partial charge is 0.265 e. The van der Waals surface area contributed by atoms with Gasteiger partial charge in [0, 0.05) is 11.6 Å². The number of carbonyl (C=O) groups excluding carboxylic acids is 2. The van der Waals surface area contributed by atoms with E-state index >= 15 is 0 Å². The Hall–Kier alpha value is -3.87. The Morgan fingerprint density at radius 1 is 1.06 bits per heavy atom. The standard InChI is InChI=1S/C24H25N3O4/c1-4-20(31-21-11-10-15(2)12-16(21)3)24(30)26-18-13-19(28)22(25-14-18)27-23(29)17-8-6-5-7-9-17/h5-14,20,28H,4H2,1-3H3,(H,26,30)(H,25,27,29). The predicted molar refractivity (Wildman–Crippen MR) is 120 cm³/mol. The van der Waals surface area contributed by atoms with Crippen LogP contribution >= 0.6 is 0 Å². The van der Waals surface area contributed by atoms with Gasteiger partial charge in [-0.05, 0) is 44.0 Å². The highest BCUT2D eigenvalue weighted by Gasteiger charge is 2.20. The molecule has 1 aromatic heterocycles. The zero-order valence-corrected chi connectivity index (χ0v) is 17.7. The van der Waals surface area contributed by atoms with Crippen LogP contribution in [-0.4, -0.2) is 28.0 Å². The minimum atomic E-state index is -0.707. The lowest BCUT2D eigenvalue weighted by atomic mass is 10.1. The SMILES string of the molecule is CCC(Oc1ccc(C)cc1C)C(=O)Nc1cnc(NC(=O)c2ccccc2)c(O)c1. The van der Waals surface area contributed by atoms with Crippen LogP contribution in [0.4, 0.5) is 11.5 Å². The van der Waals surface area contributed by atoms with Crippen molar-refractivity contribution in [3.8, 4) is 11.5 Å². The highest BCUT2D eigenvalue weighted by Crippen LogP contribution is 2.25. The van der Waals surface area contributed by atoms with Crippen molar-refractivity contribution in [3.05, 3.63) is 77.5 Å². The van der Waals surface area contributed by atoms with Gasteiger partial charge in [-0.3, -0.25) is 9.59 Å². The molecule has 1 heterocycles. The molecule has 7 heteroatoms. The first kappa shape index (κ1) is 21.8. The second-order valence-electron chi connectivity index (χ2n) is 7.18. The Labute approximate surface area is 181 Å². The first-order valence-electron chi connectivity index (χ1n) is 9.97. The second kappa shape index (κ2) is 9.75. The van der Waals surface area contributed by atoms with E-state index in [0.29, 0.717) is 23.4 Å². The molecule has 0 aliphatic rings. The van der Waals surface area contributed by atoms with Crippen LogP contribution in [0, 0.1) is 13.8 Å². The van der Waals surface area contributed by atoms with E-state index in [1.807, 2.05) is 39.0 Å². The largest absolute Gasteiger partial charge is 0.504 e. The van der Waals surface area contributed by atoms with E-state index in [1.165, 1.54) is 12.3 Å². The van der Waals surface area contributed by atoms with E-state index < -0.39 is 12.0 Å². The molecule has 0 bridgehead atoms. The molecule has 0 aliphatic carbocycles. The summed E-state index contributed by atoms with van der Waals surface area (Å²) in [6, 6.07) is 15.7. The van der Waals surface area contributed by atoms with E-state index in [9.17, 15) is 14.7 Å². The lowest BCUT2D eigenvalue weighted by Crippen LogP contribution is -2.32. The predicted octanol–water partition coefficient (Wildman–Crippen LogP) is 4.45. The van der Waals surface area contributed by atoms with Crippen LogP contribution in [0.1, 0.15) is 34.8 Å². The van der Waals surface area contributed by atoms with Crippen molar-refractivity contribution < 1.29 is 19.4 Å². The first-order valence-corrected chi connectivity index (χ1v) is 9.97. The van der Waals surface area contributed by atoms with Crippen LogP contribution in [0.25, 0.3) is 0 Å². The number of ether oxygens (including phenoxy) is 1. The fourth-order valence-corrected chi connectivity index (χ4v) is 3.02. The zero-order valence-electron chi connectivity index (χ0n) is 17.7. The Morgan fingerprint density at radius 2 is 1.81 bits per heavy atom. The van der Waals surface area contributed by atoms with E-state index in [0.717, 1.165) is 11.1 Å². The van der Waals surface area contributed by atoms with Crippen LogP contribution in [0.5, 0.6) is 11.5 Å². The summed E-state index contributed by atoms with van der Waals surface area (Å²) in [6.45, 7) is 5.77. The summed E-state index contributed by atoms with van der Waals surface area (Å²) in [5.74, 6) is -0.360. The Bertz CT molecular complexity index is 1080. The molecule has 160 valence electrons. The van der Waals surface area contributed by atoms with Crippen molar-refractivity contribution in [2.24, 2.45) is 0 Å². The van der Waals surface area contributed by atoms with Gasteiger partial charge in [-0.25, -0.2) is 4.98 Å². The van der Waals surface area contributed by atoms with Gasteiger partial charge in [0.1, 0.15) is 5.75 Å². The van der Waals surface area contributed by atoms with Crippen molar-refractivity contribution in [2.45, 2.75) is 33.3 Å². The number of benzene rings is 2. The Morgan fingerprint density at radius 3 is 2.45 bits per heavy atom.